The van der Waals surface area contributed by atoms with E-state index in [0.29, 0.717) is 18.5 Å². The van der Waals surface area contributed by atoms with Crippen molar-refractivity contribution in [3.05, 3.63) is 35.9 Å². The van der Waals surface area contributed by atoms with E-state index in [0.717, 1.165) is 6.42 Å². The number of benzene rings is 1. The van der Waals surface area contributed by atoms with E-state index >= 15 is 4.39 Å². The van der Waals surface area contributed by atoms with Crippen molar-refractivity contribution >= 4 is 5.97 Å². The van der Waals surface area contributed by atoms with Crippen molar-refractivity contribution in [2.24, 2.45) is 11.8 Å². The standard InChI is InChI=1S/C22H36FNO2/c1-16(2)19(20(25)26-21(4,5)6)24-14-13-17(3)15-22(7,23)18-11-9-8-10-12-18/h8-12,16-17,19,24H,13-15H2,1-7H3/t17-,19?,22-/m0/s1. The Labute approximate surface area is 158 Å². The number of alkyl halides is 1. The van der Waals surface area contributed by atoms with E-state index in [1.807, 2.05) is 65.0 Å². The van der Waals surface area contributed by atoms with Crippen molar-refractivity contribution in [3.63, 3.8) is 0 Å². The van der Waals surface area contributed by atoms with Gasteiger partial charge in [-0.1, -0.05) is 51.1 Å². The fourth-order valence-electron chi connectivity index (χ4n) is 3.10. The minimum Gasteiger partial charge on any atom is -0.459 e. The Balaban J connectivity index is 2.52. The molecule has 0 aliphatic heterocycles. The normalized spacial score (nSPS) is 16.8. The summed E-state index contributed by atoms with van der Waals surface area (Å²) in [6.45, 7) is 14.0. The summed E-state index contributed by atoms with van der Waals surface area (Å²) >= 11 is 0. The molecule has 0 aromatic heterocycles. The Morgan fingerprint density at radius 3 is 2.19 bits per heavy atom. The number of nitrogens with one attached hydrogen (secondary N) is 1. The zero-order chi connectivity index (χ0) is 20.0. The molecular formula is C22H36FNO2. The Bertz CT molecular complexity index is 549. The summed E-state index contributed by atoms with van der Waals surface area (Å²) in [6, 6.07) is 8.97. The van der Waals surface area contributed by atoms with Gasteiger partial charge in [0.05, 0.1) is 0 Å². The highest BCUT2D eigenvalue weighted by Crippen LogP contribution is 2.33. The second kappa shape index (κ2) is 9.50. The first-order chi connectivity index (χ1) is 11.9. The molecule has 1 aromatic rings. The van der Waals surface area contributed by atoms with Gasteiger partial charge in [-0.3, -0.25) is 4.79 Å². The van der Waals surface area contributed by atoms with Crippen LogP contribution in [0.3, 0.4) is 0 Å². The quantitative estimate of drug-likeness (QED) is 0.608. The topological polar surface area (TPSA) is 38.3 Å². The van der Waals surface area contributed by atoms with Gasteiger partial charge in [-0.05, 0) is 64.5 Å². The Hall–Kier alpha value is -1.42. The van der Waals surface area contributed by atoms with Gasteiger partial charge >= 0.3 is 5.97 Å². The number of hydrogen-bond donors (Lipinski definition) is 1. The van der Waals surface area contributed by atoms with E-state index in [-0.39, 0.29) is 23.8 Å². The summed E-state index contributed by atoms with van der Waals surface area (Å²) in [5.41, 5.74) is -1.12. The van der Waals surface area contributed by atoms with E-state index in [4.69, 9.17) is 4.74 Å². The Morgan fingerprint density at radius 2 is 1.69 bits per heavy atom. The molecule has 1 aromatic carbocycles. The van der Waals surface area contributed by atoms with E-state index < -0.39 is 11.3 Å². The molecule has 0 bridgehead atoms. The predicted octanol–water partition coefficient (Wildman–Crippen LogP) is 5.24. The van der Waals surface area contributed by atoms with Crippen LogP contribution in [0.5, 0.6) is 0 Å². The molecule has 1 N–H and O–H groups in total. The van der Waals surface area contributed by atoms with E-state index in [1.165, 1.54) is 0 Å². The van der Waals surface area contributed by atoms with Crippen LogP contribution in [-0.2, 0) is 15.2 Å². The van der Waals surface area contributed by atoms with Gasteiger partial charge < -0.3 is 10.1 Å². The van der Waals surface area contributed by atoms with Crippen molar-refractivity contribution in [3.8, 4) is 0 Å². The summed E-state index contributed by atoms with van der Waals surface area (Å²) in [7, 11) is 0. The monoisotopic (exact) mass is 365 g/mol. The number of halogens is 1. The smallest absolute Gasteiger partial charge is 0.323 e. The van der Waals surface area contributed by atoms with Gasteiger partial charge in [-0.15, -0.1) is 0 Å². The molecular weight excluding hydrogens is 329 g/mol. The molecule has 0 aliphatic carbocycles. The molecule has 3 nitrogen and oxygen atoms in total. The molecule has 0 aliphatic rings. The van der Waals surface area contributed by atoms with Crippen LogP contribution in [0.2, 0.25) is 0 Å². The van der Waals surface area contributed by atoms with E-state index in [2.05, 4.69) is 12.2 Å². The molecule has 3 atom stereocenters. The molecule has 1 rings (SSSR count). The minimum absolute atomic E-state index is 0.135. The van der Waals surface area contributed by atoms with Crippen molar-refractivity contribution < 1.29 is 13.9 Å². The van der Waals surface area contributed by atoms with Gasteiger partial charge in [-0.2, -0.15) is 0 Å². The summed E-state index contributed by atoms with van der Waals surface area (Å²) in [6.07, 6.45) is 1.26. The molecule has 0 fully saturated rings. The van der Waals surface area contributed by atoms with E-state index in [9.17, 15) is 4.79 Å². The van der Waals surface area contributed by atoms with Crippen LogP contribution in [0.25, 0.3) is 0 Å². The number of ether oxygens (including phenoxy) is 1. The van der Waals surface area contributed by atoms with Crippen molar-refractivity contribution in [2.45, 2.75) is 78.6 Å². The maximum absolute atomic E-state index is 15.0. The lowest BCUT2D eigenvalue weighted by molar-refractivity contribution is -0.158. The fourth-order valence-corrected chi connectivity index (χ4v) is 3.10. The lowest BCUT2D eigenvalue weighted by Gasteiger charge is -2.28. The Morgan fingerprint density at radius 1 is 1.12 bits per heavy atom. The largest absolute Gasteiger partial charge is 0.459 e. The van der Waals surface area contributed by atoms with Crippen molar-refractivity contribution in [1.82, 2.24) is 5.32 Å². The molecule has 0 spiro atoms. The first-order valence-corrected chi connectivity index (χ1v) is 9.63. The maximum Gasteiger partial charge on any atom is 0.323 e. The van der Waals surface area contributed by atoms with Crippen LogP contribution in [0.4, 0.5) is 4.39 Å². The first kappa shape index (κ1) is 22.6. The summed E-state index contributed by atoms with van der Waals surface area (Å²) in [5, 5.41) is 3.30. The minimum atomic E-state index is -1.34. The van der Waals surface area contributed by atoms with Crippen LogP contribution < -0.4 is 5.32 Å². The number of carbonyl (C=O) groups excluding carboxylic acids is 1. The lowest BCUT2D eigenvalue weighted by atomic mass is 9.87. The molecule has 148 valence electrons. The molecule has 0 saturated heterocycles. The van der Waals surface area contributed by atoms with Gasteiger partial charge in [0, 0.05) is 0 Å². The van der Waals surface area contributed by atoms with Gasteiger partial charge in [0.1, 0.15) is 17.3 Å². The highest BCUT2D eigenvalue weighted by Gasteiger charge is 2.29. The average molecular weight is 366 g/mol. The summed E-state index contributed by atoms with van der Waals surface area (Å²) < 4.78 is 20.5. The van der Waals surface area contributed by atoms with Crippen molar-refractivity contribution in [1.29, 1.82) is 0 Å². The number of rotatable bonds is 9. The lowest BCUT2D eigenvalue weighted by Crippen LogP contribution is -2.45. The van der Waals surface area contributed by atoms with Crippen molar-refractivity contribution in [2.75, 3.05) is 6.54 Å². The van der Waals surface area contributed by atoms with Crippen LogP contribution in [-0.4, -0.2) is 24.2 Å². The zero-order valence-corrected chi connectivity index (χ0v) is 17.4. The second-order valence-electron chi connectivity index (χ2n) is 8.87. The van der Waals surface area contributed by atoms with Gasteiger partial charge in [-0.25, -0.2) is 4.39 Å². The Kier molecular flexibility index (Phi) is 8.26. The molecule has 26 heavy (non-hydrogen) atoms. The average Bonchev–Trinajstić information content (AvgIpc) is 2.49. The maximum atomic E-state index is 15.0. The summed E-state index contributed by atoms with van der Waals surface area (Å²) in [5.74, 6) is 0.111. The third-order valence-corrected chi connectivity index (χ3v) is 4.44. The van der Waals surface area contributed by atoms with Crippen LogP contribution in [0, 0.1) is 11.8 Å². The van der Waals surface area contributed by atoms with E-state index in [1.54, 1.807) is 6.92 Å². The molecule has 0 amide bonds. The third kappa shape index (κ3) is 7.86. The first-order valence-electron chi connectivity index (χ1n) is 9.63. The van der Waals surface area contributed by atoms with Crippen LogP contribution in [0.15, 0.2) is 30.3 Å². The SMILES string of the molecule is CC(C)C(NCC[C@H](C)C[C@](C)(F)c1ccccc1)C(=O)OC(C)(C)C. The highest BCUT2D eigenvalue weighted by molar-refractivity contribution is 5.76. The number of carbonyl (C=O) groups is 1. The third-order valence-electron chi connectivity index (χ3n) is 4.44. The number of hydrogen-bond acceptors (Lipinski definition) is 3. The van der Waals surface area contributed by atoms with Gasteiger partial charge in [0.2, 0.25) is 0 Å². The van der Waals surface area contributed by atoms with Gasteiger partial charge in [0.15, 0.2) is 0 Å². The molecule has 0 saturated carbocycles. The van der Waals surface area contributed by atoms with Crippen LogP contribution in [0.1, 0.15) is 66.9 Å². The number of esters is 1. The predicted molar refractivity (Wildman–Crippen MR) is 106 cm³/mol. The zero-order valence-electron chi connectivity index (χ0n) is 17.4. The highest BCUT2D eigenvalue weighted by atomic mass is 19.1. The molecule has 4 heteroatoms. The summed E-state index contributed by atoms with van der Waals surface area (Å²) in [4.78, 5) is 12.3. The van der Waals surface area contributed by atoms with Gasteiger partial charge in [0.25, 0.3) is 0 Å². The molecule has 0 radical (unpaired) electrons. The second-order valence-corrected chi connectivity index (χ2v) is 8.87. The molecule has 0 heterocycles. The van der Waals surface area contributed by atoms with Crippen LogP contribution >= 0.6 is 0 Å². The molecule has 1 unspecified atom stereocenters. The fraction of sp³-hybridized carbons (Fsp3) is 0.682.